The summed E-state index contributed by atoms with van der Waals surface area (Å²) in [4.78, 5) is 34.6. The Morgan fingerprint density at radius 3 is 2.57 bits per heavy atom. The Bertz CT molecular complexity index is 546. The highest BCUT2D eigenvalue weighted by Gasteiger charge is 2.31. The first-order valence-corrected chi connectivity index (χ1v) is 6.34. The molecule has 0 radical (unpaired) electrons. The standard InChI is InChI=1S/C14H16FNO5/c1-3-8(2)21-14(20)11(13(18)19)16-12(17)9-5-4-6-10(15)7-9/h4-8,11H,3H2,1-2H3,(H,16,17)(H,18,19). The zero-order chi connectivity index (χ0) is 16.0. The third-order valence-electron chi connectivity index (χ3n) is 2.74. The second-order valence-corrected chi connectivity index (χ2v) is 4.41. The Balaban J connectivity index is 2.81. The van der Waals surface area contributed by atoms with Gasteiger partial charge in [0.25, 0.3) is 5.91 Å². The molecule has 2 N–H and O–H groups in total. The van der Waals surface area contributed by atoms with Crippen LogP contribution in [0, 0.1) is 5.82 Å². The third-order valence-corrected chi connectivity index (χ3v) is 2.74. The van der Waals surface area contributed by atoms with Gasteiger partial charge in [0, 0.05) is 5.56 Å². The van der Waals surface area contributed by atoms with Crippen molar-refractivity contribution in [2.45, 2.75) is 32.4 Å². The molecule has 0 saturated heterocycles. The van der Waals surface area contributed by atoms with E-state index in [4.69, 9.17) is 9.84 Å². The van der Waals surface area contributed by atoms with E-state index >= 15 is 0 Å². The number of nitrogens with one attached hydrogen (secondary N) is 1. The molecular weight excluding hydrogens is 281 g/mol. The molecule has 0 aromatic heterocycles. The highest BCUT2D eigenvalue weighted by Crippen LogP contribution is 2.05. The van der Waals surface area contributed by atoms with E-state index in [-0.39, 0.29) is 5.56 Å². The summed E-state index contributed by atoms with van der Waals surface area (Å²) in [6, 6.07) is 2.85. The lowest BCUT2D eigenvalue weighted by atomic mass is 10.2. The number of halogens is 1. The number of esters is 1. The van der Waals surface area contributed by atoms with Crippen LogP contribution in [0.3, 0.4) is 0 Å². The first-order chi connectivity index (χ1) is 9.85. The van der Waals surface area contributed by atoms with E-state index in [0.29, 0.717) is 6.42 Å². The van der Waals surface area contributed by atoms with Gasteiger partial charge in [0.2, 0.25) is 6.04 Å². The van der Waals surface area contributed by atoms with Gasteiger partial charge in [0.15, 0.2) is 0 Å². The minimum atomic E-state index is -1.84. The summed E-state index contributed by atoms with van der Waals surface area (Å²) in [6.45, 7) is 3.37. The Morgan fingerprint density at radius 1 is 1.38 bits per heavy atom. The molecule has 0 fully saturated rings. The van der Waals surface area contributed by atoms with Crippen LogP contribution in [0.25, 0.3) is 0 Å². The molecule has 2 atom stereocenters. The third kappa shape index (κ3) is 4.87. The Kier molecular flexibility index (Phi) is 5.83. The van der Waals surface area contributed by atoms with Gasteiger partial charge in [-0.05, 0) is 31.5 Å². The van der Waals surface area contributed by atoms with Crippen molar-refractivity contribution in [3.63, 3.8) is 0 Å². The van der Waals surface area contributed by atoms with Gasteiger partial charge in [0.1, 0.15) is 5.82 Å². The lowest BCUT2D eigenvalue weighted by molar-refractivity contribution is -0.158. The highest BCUT2D eigenvalue weighted by molar-refractivity contribution is 6.05. The number of hydrogen-bond acceptors (Lipinski definition) is 4. The fourth-order valence-corrected chi connectivity index (χ4v) is 1.42. The van der Waals surface area contributed by atoms with Gasteiger partial charge in [0.05, 0.1) is 6.10 Å². The molecule has 1 rings (SSSR count). The van der Waals surface area contributed by atoms with Gasteiger partial charge >= 0.3 is 11.9 Å². The van der Waals surface area contributed by atoms with E-state index in [0.717, 1.165) is 12.1 Å². The first kappa shape index (κ1) is 16.6. The Hall–Kier alpha value is -2.44. The number of rotatable bonds is 6. The zero-order valence-corrected chi connectivity index (χ0v) is 11.6. The SMILES string of the molecule is CCC(C)OC(=O)C(NC(=O)c1cccc(F)c1)C(=O)O. The summed E-state index contributed by atoms with van der Waals surface area (Å²) < 4.78 is 17.9. The Labute approximate surface area is 120 Å². The van der Waals surface area contributed by atoms with Crippen molar-refractivity contribution in [2.75, 3.05) is 0 Å². The van der Waals surface area contributed by atoms with Crippen LogP contribution in [0.2, 0.25) is 0 Å². The molecule has 6 nitrogen and oxygen atoms in total. The van der Waals surface area contributed by atoms with Crippen LogP contribution in [-0.2, 0) is 14.3 Å². The van der Waals surface area contributed by atoms with Gasteiger partial charge in [-0.1, -0.05) is 13.0 Å². The minimum absolute atomic E-state index is 0.0856. The molecular formula is C14H16FNO5. The second kappa shape index (κ2) is 7.37. The second-order valence-electron chi connectivity index (χ2n) is 4.41. The van der Waals surface area contributed by atoms with Gasteiger partial charge in [-0.15, -0.1) is 0 Å². The van der Waals surface area contributed by atoms with Crippen LogP contribution in [-0.4, -0.2) is 35.1 Å². The highest BCUT2D eigenvalue weighted by atomic mass is 19.1. The number of hydrogen-bond donors (Lipinski definition) is 2. The van der Waals surface area contributed by atoms with Crippen LogP contribution in [0.4, 0.5) is 4.39 Å². The maximum Gasteiger partial charge on any atom is 0.340 e. The van der Waals surface area contributed by atoms with Crippen molar-refractivity contribution in [2.24, 2.45) is 0 Å². The normalized spacial score (nSPS) is 13.1. The summed E-state index contributed by atoms with van der Waals surface area (Å²) in [5.74, 6) is -4.13. The van der Waals surface area contributed by atoms with E-state index in [1.807, 2.05) is 5.32 Å². The van der Waals surface area contributed by atoms with Gasteiger partial charge < -0.3 is 15.2 Å². The summed E-state index contributed by atoms with van der Waals surface area (Å²) >= 11 is 0. The largest absolute Gasteiger partial charge is 0.479 e. The molecule has 0 saturated carbocycles. The van der Waals surface area contributed by atoms with Crippen molar-refractivity contribution in [1.29, 1.82) is 0 Å². The topological polar surface area (TPSA) is 92.7 Å². The van der Waals surface area contributed by atoms with E-state index in [9.17, 15) is 18.8 Å². The lowest BCUT2D eigenvalue weighted by Gasteiger charge is -2.17. The fraction of sp³-hybridized carbons (Fsp3) is 0.357. The van der Waals surface area contributed by atoms with Gasteiger partial charge in [-0.3, -0.25) is 4.79 Å². The number of aliphatic carboxylic acids is 1. The monoisotopic (exact) mass is 297 g/mol. The van der Waals surface area contributed by atoms with E-state index in [2.05, 4.69) is 0 Å². The number of carbonyl (C=O) groups excluding carboxylic acids is 2. The number of carboxylic acids is 1. The maximum atomic E-state index is 13.0. The lowest BCUT2D eigenvalue weighted by Crippen LogP contribution is -2.48. The number of carbonyl (C=O) groups is 3. The molecule has 0 aliphatic rings. The summed E-state index contributed by atoms with van der Waals surface area (Å²) in [7, 11) is 0. The molecule has 1 amide bonds. The predicted octanol–water partition coefficient (Wildman–Crippen LogP) is 1.35. The van der Waals surface area contributed by atoms with E-state index in [1.54, 1.807) is 13.8 Å². The molecule has 0 aliphatic heterocycles. The van der Waals surface area contributed by atoms with Crippen molar-refractivity contribution in [1.82, 2.24) is 5.32 Å². The quantitative estimate of drug-likeness (QED) is 0.611. The molecule has 0 spiro atoms. The van der Waals surface area contributed by atoms with Crippen molar-refractivity contribution >= 4 is 17.8 Å². The van der Waals surface area contributed by atoms with Crippen molar-refractivity contribution < 1.29 is 28.6 Å². The van der Waals surface area contributed by atoms with Crippen LogP contribution in [0.1, 0.15) is 30.6 Å². The number of carboxylic acid groups (broad SMARTS) is 1. The molecule has 7 heteroatoms. The number of ether oxygens (including phenoxy) is 1. The minimum Gasteiger partial charge on any atom is -0.479 e. The van der Waals surface area contributed by atoms with E-state index < -0.39 is 35.8 Å². The summed E-state index contributed by atoms with van der Waals surface area (Å²) in [5.41, 5.74) is -0.0856. The average molecular weight is 297 g/mol. The number of amides is 1. The molecule has 0 heterocycles. The van der Waals surface area contributed by atoms with Crippen molar-refractivity contribution in [3.8, 4) is 0 Å². The van der Waals surface area contributed by atoms with Crippen molar-refractivity contribution in [3.05, 3.63) is 35.6 Å². The fourth-order valence-electron chi connectivity index (χ4n) is 1.42. The molecule has 114 valence electrons. The summed E-state index contributed by atoms with van der Waals surface area (Å²) in [5, 5.41) is 11.0. The smallest absolute Gasteiger partial charge is 0.340 e. The molecule has 0 aliphatic carbocycles. The van der Waals surface area contributed by atoms with Crippen LogP contribution >= 0.6 is 0 Å². The molecule has 1 aromatic rings. The summed E-state index contributed by atoms with van der Waals surface area (Å²) in [6.07, 6.45) is 0.0426. The van der Waals surface area contributed by atoms with Gasteiger partial charge in [-0.25, -0.2) is 14.0 Å². The molecule has 2 unspecified atom stereocenters. The Morgan fingerprint density at radius 2 is 2.05 bits per heavy atom. The van der Waals surface area contributed by atoms with Gasteiger partial charge in [-0.2, -0.15) is 0 Å². The molecule has 1 aromatic carbocycles. The molecule has 21 heavy (non-hydrogen) atoms. The van der Waals surface area contributed by atoms with Crippen LogP contribution in [0.5, 0.6) is 0 Å². The average Bonchev–Trinajstić information content (AvgIpc) is 2.43. The predicted molar refractivity (Wildman–Crippen MR) is 71.1 cm³/mol. The zero-order valence-electron chi connectivity index (χ0n) is 11.6. The van der Waals surface area contributed by atoms with Crippen LogP contribution in [0.15, 0.2) is 24.3 Å². The van der Waals surface area contributed by atoms with Crippen LogP contribution < -0.4 is 5.32 Å². The number of benzene rings is 1. The maximum absolute atomic E-state index is 13.0. The first-order valence-electron chi connectivity index (χ1n) is 6.34. The molecule has 0 bridgehead atoms. The van der Waals surface area contributed by atoms with E-state index in [1.165, 1.54) is 12.1 Å².